The van der Waals surface area contributed by atoms with Crippen molar-refractivity contribution in [2.75, 3.05) is 11.5 Å². The van der Waals surface area contributed by atoms with E-state index >= 15 is 0 Å². The van der Waals surface area contributed by atoms with Gasteiger partial charge in [0, 0.05) is 28.7 Å². The Morgan fingerprint density at radius 3 is 3.24 bits per heavy atom. The van der Waals surface area contributed by atoms with Crippen LogP contribution in [0.25, 0.3) is 11.2 Å². The van der Waals surface area contributed by atoms with E-state index < -0.39 is 0 Å². The van der Waals surface area contributed by atoms with Crippen LogP contribution in [0.2, 0.25) is 0 Å². The molecule has 0 saturated carbocycles. The fourth-order valence-corrected chi connectivity index (χ4v) is 2.81. The van der Waals surface area contributed by atoms with Crippen molar-refractivity contribution in [3.8, 4) is 0 Å². The van der Waals surface area contributed by atoms with Crippen molar-refractivity contribution < 1.29 is 0 Å². The van der Waals surface area contributed by atoms with Crippen LogP contribution in [0.15, 0.2) is 29.4 Å². The highest BCUT2D eigenvalue weighted by molar-refractivity contribution is 9.10. The third kappa shape index (κ3) is 3.00. The Balaban J connectivity index is 2.24. The summed E-state index contributed by atoms with van der Waals surface area (Å²) in [5, 5.41) is 0. The number of pyridine rings is 1. The first kappa shape index (κ1) is 12.9. The number of nitrogens with one attached hydrogen (secondary N) is 1. The Hall–Kier alpha value is -0.590. The van der Waals surface area contributed by atoms with Crippen molar-refractivity contribution in [1.29, 1.82) is 0 Å². The monoisotopic (exact) mass is 329 g/mol. The van der Waals surface area contributed by atoms with E-state index in [2.05, 4.69) is 32.5 Å². The number of hydrogen-bond acceptors (Lipinski definition) is 3. The van der Waals surface area contributed by atoms with Gasteiger partial charge in [-0.3, -0.25) is 0 Å². The second-order valence-electron chi connectivity index (χ2n) is 3.47. The molecule has 0 radical (unpaired) electrons. The number of thioether (sulfide) groups is 1. The molecule has 2 heterocycles. The third-order valence-electron chi connectivity index (χ3n) is 2.27. The van der Waals surface area contributed by atoms with Gasteiger partial charge < -0.3 is 9.55 Å². The van der Waals surface area contributed by atoms with E-state index in [1.807, 2.05) is 28.5 Å². The second-order valence-corrected chi connectivity index (χ2v) is 5.92. The van der Waals surface area contributed by atoms with Crippen molar-refractivity contribution in [2.45, 2.75) is 6.54 Å². The molecule has 0 amide bonds. The van der Waals surface area contributed by atoms with Gasteiger partial charge in [-0.15, -0.1) is 6.58 Å². The highest BCUT2D eigenvalue weighted by Gasteiger charge is 2.05. The number of H-pyrrole nitrogens is 1. The quantitative estimate of drug-likeness (QED) is 0.515. The second kappa shape index (κ2) is 5.84. The van der Waals surface area contributed by atoms with Crippen LogP contribution in [-0.2, 0) is 6.54 Å². The van der Waals surface area contributed by atoms with Crippen molar-refractivity contribution >= 4 is 51.1 Å². The molecule has 0 fully saturated rings. The Bertz CT molecular complexity index is 588. The molecular formula is C11H12BrN3S2. The molecule has 0 aliphatic carbocycles. The summed E-state index contributed by atoms with van der Waals surface area (Å²) in [5.41, 5.74) is 1.88. The van der Waals surface area contributed by atoms with E-state index in [-0.39, 0.29) is 0 Å². The number of imidazole rings is 1. The summed E-state index contributed by atoms with van der Waals surface area (Å²) < 4.78 is 3.71. The molecule has 2 rings (SSSR count). The lowest BCUT2D eigenvalue weighted by Gasteiger charge is -2.02. The Morgan fingerprint density at radius 1 is 1.65 bits per heavy atom. The fraction of sp³-hybridized carbons (Fsp3) is 0.273. The van der Waals surface area contributed by atoms with Crippen molar-refractivity contribution in [3.63, 3.8) is 0 Å². The molecule has 1 N–H and O–H groups in total. The Morgan fingerprint density at radius 2 is 2.47 bits per heavy atom. The predicted octanol–water partition coefficient (Wildman–Crippen LogP) is 3.78. The molecule has 17 heavy (non-hydrogen) atoms. The molecule has 2 aromatic heterocycles. The predicted molar refractivity (Wildman–Crippen MR) is 80.1 cm³/mol. The topological polar surface area (TPSA) is 33.6 Å². The van der Waals surface area contributed by atoms with Gasteiger partial charge in [-0.1, -0.05) is 6.08 Å². The maximum Gasteiger partial charge on any atom is 0.179 e. The molecule has 2 aromatic rings. The molecule has 3 nitrogen and oxygen atoms in total. The number of fused-ring (bicyclic) bond motifs is 1. The summed E-state index contributed by atoms with van der Waals surface area (Å²) in [5.74, 6) is 1.97. The lowest BCUT2D eigenvalue weighted by molar-refractivity contribution is 0.775. The van der Waals surface area contributed by atoms with Crippen molar-refractivity contribution in [2.24, 2.45) is 0 Å². The first-order chi connectivity index (χ1) is 8.22. The first-order valence-electron chi connectivity index (χ1n) is 5.15. The maximum absolute atomic E-state index is 5.30. The van der Waals surface area contributed by atoms with Crippen LogP contribution in [0.1, 0.15) is 0 Å². The van der Waals surface area contributed by atoms with E-state index in [9.17, 15) is 0 Å². The lowest BCUT2D eigenvalue weighted by atomic mass is 10.4. The summed E-state index contributed by atoms with van der Waals surface area (Å²) in [6, 6.07) is 1.99. The van der Waals surface area contributed by atoms with Gasteiger partial charge in [-0.05, 0) is 34.2 Å². The fourth-order valence-electron chi connectivity index (χ4n) is 1.55. The van der Waals surface area contributed by atoms with Crippen LogP contribution in [0.4, 0.5) is 0 Å². The smallest absolute Gasteiger partial charge is 0.179 e. The van der Waals surface area contributed by atoms with Crippen LogP contribution in [-0.4, -0.2) is 26.0 Å². The normalized spacial score (nSPS) is 10.9. The van der Waals surface area contributed by atoms with Gasteiger partial charge in [0.15, 0.2) is 10.4 Å². The number of hydrogen-bond donors (Lipinski definition) is 1. The number of aryl methyl sites for hydroxylation is 1. The van der Waals surface area contributed by atoms with Crippen LogP contribution in [0, 0.1) is 4.77 Å². The summed E-state index contributed by atoms with van der Waals surface area (Å²) in [7, 11) is 0. The number of halogens is 1. The highest BCUT2D eigenvalue weighted by Crippen LogP contribution is 2.17. The zero-order valence-corrected chi connectivity index (χ0v) is 12.4. The standard InChI is InChI=1S/C11H12BrN3S2/c1-2-4-17-5-3-15-10-9(14-11(15)16)6-8(12)7-13-10/h2,6-7H,1,3-5H2,(H,14,16). The number of aromatic amines is 1. The molecular weight excluding hydrogens is 318 g/mol. The van der Waals surface area contributed by atoms with Gasteiger partial charge in [-0.2, -0.15) is 11.8 Å². The van der Waals surface area contributed by atoms with Gasteiger partial charge in [0.2, 0.25) is 0 Å². The van der Waals surface area contributed by atoms with Gasteiger partial charge in [0.1, 0.15) is 0 Å². The molecule has 0 aliphatic heterocycles. The maximum atomic E-state index is 5.30. The number of nitrogens with zero attached hydrogens (tertiary/aromatic N) is 2. The van der Waals surface area contributed by atoms with Gasteiger partial charge >= 0.3 is 0 Å². The van der Waals surface area contributed by atoms with E-state index in [0.717, 1.165) is 38.5 Å². The molecule has 0 aliphatic rings. The highest BCUT2D eigenvalue weighted by atomic mass is 79.9. The van der Waals surface area contributed by atoms with Crippen LogP contribution in [0.3, 0.4) is 0 Å². The average molecular weight is 330 g/mol. The SMILES string of the molecule is C=CCSCCn1c(=S)[nH]c2cc(Br)cnc21. The van der Waals surface area contributed by atoms with Crippen LogP contribution in [0.5, 0.6) is 0 Å². The first-order valence-corrected chi connectivity index (χ1v) is 7.50. The van der Waals surface area contributed by atoms with Gasteiger partial charge in [0.05, 0.1) is 5.52 Å². The van der Waals surface area contributed by atoms with E-state index in [1.165, 1.54) is 0 Å². The molecule has 0 saturated heterocycles. The molecule has 0 atom stereocenters. The Labute approximate surface area is 117 Å². The minimum absolute atomic E-state index is 0.727. The van der Waals surface area contributed by atoms with Crippen LogP contribution >= 0.6 is 39.9 Å². The summed E-state index contributed by atoms with van der Waals surface area (Å²) in [6.07, 6.45) is 3.70. The third-order valence-corrected chi connectivity index (χ3v) is 3.97. The van der Waals surface area contributed by atoms with Gasteiger partial charge in [-0.25, -0.2) is 4.98 Å². The molecule has 6 heteroatoms. The zero-order chi connectivity index (χ0) is 12.3. The molecule has 0 unspecified atom stereocenters. The summed E-state index contributed by atoms with van der Waals surface area (Å²) in [4.78, 5) is 7.55. The lowest BCUT2D eigenvalue weighted by Crippen LogP contribution is -2.01. The molecule has 0 bridgehead atoms. The summed E-state index contributed by atoms with van der Waals surface area (Å²) in [6.45, 7) is 4.57. The van der Waals surface area contributed by atoms with E-state index in [4.69, 9.17) is 12.2 Å². The minimum atomic E-state index is 0.727. The van der Waals surface area contributed by atoms with E-state index in [0.29, 0.717) is 0 Å². The molecule has 90 valence electrons. The molecule has 0 spiro atoms. The van der Waals surface area contributed by atoms with Crippen molar-refractivity contribution in [3.05, 3.63) is 34.2 Å². The zero-order valence-electron chi connectivity index (χ0n) is 9.15. The van der Waals surface area contributed by atoms with Crippen LogP contribution < -0.4 is 0 Å². The van der Waals surface area contributed by atoms with Gasteiger partial charge in [0.25, 0.3) is 0 Å². The molecule has 0 aromatic carbocycles. The van der Waals surface area contributed by atoms with E-state index in [1.54, 1.807) is 6.20 Å². The largest absolute Gasteiger partial charge is 0.329 e. The number of rotatable bonds is 5. The number of aromatic nitrogens is 3. The summed E-state index contributed by atoms with van der Waals surface area (Å²) >= 11 is 10.5. The average Bonchev–Trinajstić information content (AvgIpc) is 2.60. The van der Waals surface area contributed by atoms with Crippen molar-refractivity contribution in [1.82, 2.24) is 14.5 Å². The minimum Gasteiger partial charge on any atom is -0.329 e. The Kier molecular flexibility index (Phi) is 4.42.